The summed E-state index contributed by atoms with van der Waals surface area (Å²) in [5, 5.41) is 11.9. The number of thioether (sulfide) groups is 1. The van der Waals surface area contributed by atoms with Crippen LogP contribution in [-0.2, 0) is 22.7 Å². The number of hydrogen-bond donors (Lipinski definition) is 2. The van der Waals surface area contributed by atoms with Gasteiger partial charge in [-0.1, -0.05) is 23.9 Å². The fraction of sp³-hybridized carbons (Fsp3) is 0.320. The fourth-order valence-electron chi connectivity index (χ4n) is 3.38. The maximum Gasteiger partial charge on any atom is 0.341 e. The van der Waals surface area contributed by atoms with E-state index >= 15 is 0 Å². The Hall–Kier alpha value is -3.64. The topological polar surface area (TPSA) is 138 Å². The second kappa shape index (κ2) is 12.5. The number of hydrogen-bond acceptors (Lipinski definition) is 9. The molecule has 196 valence electrons. The highest BCUT2D eigenvalue weighted by molar-refractivity contribution is 7.99. The molecule has 0 saturated heterocycles. The van der Waals surface area contributed by atoms with E-state index in [2.05, 4.69) is 22.1 Å². The van der Waals surface area contributed by atoms with E-state index in [9.17, 15) is 14.4 Å². The normalized spacial score (nSPS) is 10.7. The number of nitrogens with zero attached hydrogens (tertiary/aromatic N) is 3. The molecule has 0 aliphatic heterocycles. The molecule has 2 aromatic heterocycles. The molecule has 0 spiro atoms. The number of allylic oxidation sites excluding steroid dienone is 1. The molecule has 1 aromatic carbocycles. The molecule has 0 radical (unpaired) electrons. The first-order valence-corrected chi connectivity index (χ1v) is 13.2. The average molecular weight is 544 g/mol. The first-order chi connectivity index (χ1) is 17.7. The zero-order valence-electron chi connectivity index (χ0n) is 21.1. The van der Waals surface area contributed by atoms with Crippen molar-refractivity contribution in [2.24, 2.45) is 5.73 Å². The minimum absolute atomic E-state index is 0.0155. The van der Waals surface area contributed by atoms with Gasteiger partial charge < -0.3 is 20.5 Å². The summed E-state index contributed by atoms with van der Waals surface area (Å²) in [5.41, 5.74) is 8.23. The van der Waals surface area contributed by atoms with Crippen molar-refractivity contribution in [3.63, 3.8) is 0 Å². The number of carbonyl (C=O) groups is 3. The number of anilines is 1. The SMILES string of the molecule is C=CCn1c(COc2ccc(C)c(C)c2)nnc1SCC(=O)Nc1sc(C(N)=O)c(C)c1C(=O)OCC. The van der Waals surface area contributed by atoms with E-state index in [0.29, 0.717) is 23.1 Å². The van der Waals surface area contributed by atoms with Crippen LogP contribution in [-0.4, -0.2) is 44.9 Å². The average Bonchev–Trinajstić information content (AvgIpc) is 3.39. The molecule has 0 fully saturated rings. The summed E-state index contributed by atoms with van der Waals surface area (Å²) in [5.74, 6) is -0.413. The van der Waals surface area contributed by atoms with E-state index in [-0.39, 0.29) is 34.4 Å². The van der Waals surface area contributed by atoms with Gasteiger partial charge in [0, 0.05) is 6.54 Å². The molecule has 10 nitrogen and oxygen atoms in total. The highest BCUT2D eigenvalue weighted by Crippen LogP contribution is 2.34. The number of aromatic nitrogens is 3. The molecule has 3 rings (SSSR count). The van der Waals surface area contributed by atoms with Crippen molar-refractivity contribution in [1.82, 2.24) is 14.8 Å². The summed E-state index contributed by atoms with van der Waals surface area (Å²) in [7, 11) is 0. The number of amides is 2. The molecule has 0 unspecified atom stereocenters. The number of carbonyl (C=O) groups excluding carboxylic acids is 3. The Balaban J connectivity index is 1.70. The number of aryl methyl sites for hydroxylation is 2. The summed E-state index contributed by atoms with van der Waals surface area (Å²) in [6.07, 6.45) is 1.71. The summed E-state index contributed by atoms with van der Waals surface area (Å²) in [4.78, 5) is 37.1. The molecule has 3 aromatic rings. The van der Waals surface area contributed by atoms with Gasteiger partial charge in [-0.05, 0) is 56.5 Å². The molecular weight excluding hydrogens is 514 g/mol. The van der Waals surface area contributed by atoms with E-state index in [1.54, 1.807) is 19.9 Å². The number of benzene rings is 1. The molecule has 0 atom stereocenters. The zero-order chi connectivity index (χ0) is 27.1. The lowest BCUT2D eigenvalue weighted by Gasteiger charge is -2.10. The Morgan fingerprint density at radius 2 is 1.97 bits per heavy atom. The van der Waals surface area contributed by atoms with Crippen LogP contribution in [0.1, 0.15) is 49.5 Å². The van der Waals surface area contributed by atoms with Gasteiger partial charge in [0.25, 0.3) is 5.91 Å². The van der Waals surface area contributed by atoms with Gasteiger partial charge >= 0.3 is 5.97 Å². The van der Waals surface area contributed by atoms with Gasteiger partial charge in [-0.15, -0.1) is 28.1 Å². The number of nitrogens with one attached hydrogen (secondary N) is 1. The van der Waals surface area contributed by atoms with Gasteiger partial charge in [-0.2, -0.15) is 0 Å². The molecule has 0 bridgehead atoms. The van der Waals surface area contributed by atoms with E-state index in [0.717, 1.165) is 22.6 Å². The third kappa shape index (κ3) is 6.77. The Bertz CT molecular complexity index is 1330. The predicted octanol–water partition coefficient (Wildman–Crippen LogP) is 4.04. The second-order valence-electron chi connectivity index (χ2n) is 8.01. The number of primary amides is 1. The summed E-state index contributed by atoms with van der Waals surface area (Å²) >= 11 is 2.11. The van der Waals surface area contributed by atoms with E-state index < -0.39 is 17.8 Å². The zero-order valence-corrected chi connectivity index (χ0v) is 22.8. The molecular formula is C25H29N5O5S2. The molecule has 2 amide bonds. The molecule has 3 N–H and O–H groups in total. The van der Waals surface area contributed by atoms with Crippen LogP contribution in [0.4, 0.5) is 5.00 Å². The Kier molecular flexibility index (Phi) is 9.48. The Morgan fingerprint density at radius 3 is 2.62 bits per heavy atom. The lowest BCUT2D eigenvalue weighted by atomic mass is 10.1. The van der Waals surface area contributed by atoms with Crippen molar-refractivity contribution < 1.29 is 23.9 Å². The van der Waals surface area contributed by atoms with Crippen LogP contribution < -0.4 is 15.8 Å². The van der Waals surface area contributed by atoms with E-state index in [4.69, 9.17) is 15.2 Å². The molecule has 12 heteroatoms. The number of rotatable bonds is 12. The van der Waals surface area contributed by atoms with Gasteiger partial charge in [0.1, 0.15) is 17.4 Å². The first-order valence-electron chi connectivity index (χ1n) is 11.4. The monoisotopic (exact) mass is 543 g/mol. The van der Waals surface area contributed by atoms with Crippen LogP contribution in [0.15, 0.2) is 36.0 Å². The van der Waals surface area contributed by atoms with Crippen molar-refractivity contribution in [1.29, 1.82) is 0 Å². The second-order valence-corrected chi connectivity index (χ2v) is 9.98. The van der Waals surface area contributed by atoms with Crippen LogP contribution in [0.2, 0.25) is 0 Å². The molecule has 0 aliphatic rings. The standard InChI is InChI=1S/C25H29N5O5S2/c1-6-10-30-18(12-35-17-9-8-14(3)15(4)11-17)28-29-25(30)36-13-19(31)27-23-20(24(33)34-7-2)16(5)21(37-23)22(26)32/h6,8-9,11H,1,7,10,12-13H2,2-5H3,(H2,26,32)(H,27,31). The van der Waals surface area contributed by atoms with Crippen molar-refractivity contribution in [3.05, 3.63) is 63.8 Å². The third-order valence-corrected chi connectivity index (χ3v) is 7.58. The van der Waals surface area contributed by atoms with Gasteiger partial charge in [-0.3, -0.25) is 14.2 Å². The number of ether oxygens (including phenoxy) is 2. The smallest absolute Gasteiger partial charge is 0.341 e. The molecule has 37 heavy (non-hydrogen) atoms. The maximum absolute atomic E-state index is 12.8. The van der Waals surface area contributed by atoms with Crippen LogP contribution >= 0.6 is 23.1 Å². The fourth-order valence-corrected chi connectivity index (χ4v) is 5.20. The Morgan fingerprint density at radius 1 is 1.22 bits per heavy atom. The van der Waals surface area contributed by atoms with Gasteiger partial charge in [-0.25, -0.2) is 4.79 Å². The molecule has 2 heterocycles. The number of thiophene rings is 1. The quantitative estimate of drug-likeness (QED) is 0.198. The van der Waals surface area contributed by atoms with Crippen molar-refractivity contribution in [2.75, 3.05) is 17.7 Å². The van der Waals surface area contributed by atoms with Gasteiger partial charge in [0.2, 0.25) is 5.91 Å². The summed E-state index contributed by atoms with van der Waals surface area (Å²) < 4.78 is 12.8. The maximum atomic E-state index is 12.8. The van der Waals surface area contributed by atoms with Crippen LogP contribution in [0, 0.1) is 20.8 Å². The van der Waals surface area contributed by atoms with Gasteiger partial charge in [0.15, 0.2) is 11.0 Å². The van der Waals surface area contributed by atoms with Crippen molar-refractivity contribution in [2.45, 2.75) is 46.0 Å². The lowest BCUT2D eigenvalue weighted by Crippen LogP contribution is -2.17. The van der Waals surface area contributed by atoms with Crippen LogP contribution in [0.25, 0.3) is 0 Å². The van der Waals surface area contributed by atoms with Gasteiger partial charge in [0.05, 0.1) is 22.8 Å². The minimum atomic E-state index is -0.684. The minimum Gasteiger partial charge on any atom is -0.486 e. The van der Waals surface area contributed by atoms with E-state index in [1.165, 1.54) is 17.3 Å². The van der Waals surface area contributed by atoms with Crippen LogP contribution in [0.5, 0.6) is 5.75 Å². The summed E-state index contributed by atoms with van der Waals surface area (Å²) in [6, 6.07) is 5.86. The van der Waals surface area contributed by atoms with Crippen LogP contribution in [0.3, 0.4) is 0 Å². The predicted molar refractivity (Wildman–Crippen MR) is 143 cm³/mol. The molecule has 0 aliphatic carbocycles. The number of nitrogens with two attached hydrogens (primary N) is 1. The summed E-state index contributed by atoms with van der Waals surface area (Å²) in [6.45, 7) is 11.9. The van der Waals surface area contributed by atoms with E-state index in [1.807, 2.05) is 36.6 Å². The van der Waals surface area contributed by atoms with Crippen molar-refractivity contribution in [3.8, 4) is 5.75 Å². The Labute approximate surface area is 223 Å². The van der Waals surface area contributed by atoms with Crippen molar-refractivity contribution >= 4 is 45.9 Å². The first kappa shape index (κ1) is 27.9. The number of esters is 1. The highest BCUT2D eigenvalue weighted by Gasteiger charge is 2.26. The molecule has 0 saturated carbocycles. The lowest BCUT2D eigenvalue weighted by molar-refractivity contribution is -0.113. The third-order valence-electron chi connectivity index (χ3n) is 5.39. The largest absolute Gasteiger partial charge is 0.486 e. The highest BCUT2D eigenvalue weighted by atomic mass is 32.2.